The minimum absolute atomic E-state index is 0.370. The van der Waals surface area contributed by atoms with Crippen LogP contribution in [0.3, 0.4) is 0 Å². The van der Waals surface area contributed by atoms with Crippen LogP contribution in [-0.2, 0) is 0 Å². The molecule has 1 atom stereocenters. The highest BCUT2D eigenvalue weighted by Gasteiger charge is 2.22. The Morgan fingerprint density at radius 3 is 2.37 bits per heavy atom. The summed E-state index contributed by atoms with van der Waals surface area (Å²) in [5.74, 6) is -1.10. The van der Waals surface area contributed by atoms with Crippen molar-refractivity contribution < 1.29 is 8.78 Å². The summed E-state index contributed by atoms with van der Waals surface area (Å²) >= 11 is 7.70. The first kappa shape index (κ1) is 14.4. The van der Waals surface area contributed by atoms with Crippen LogP contribution >= 0.6 is 22.9 Å². The molecule has 19 heavy (non-hydrogen) atoms. The highest BCUT2D eigenvalue weighted by molar-refractivity contribution is 7.10. The fourth-order valence-corrected chi connectivity index (χ4v) is 3.40. The summed E-state index contributed by atoms with van der Waals surface area (Å²) in [5, 5.41) is 5.60. The van der Waals surface area contributed by atoms with E-state index in [1.54, 1.807) is 14.0 Å². The molecule has 1 nitrogen and oxygen atoms in total. The minimum Gasteiger partial charge on any atom is -0.309 e. The Morgan fingerprint density at radius 2 is 1.84 bits per heavy atom. The first-order valence-electron chi connectivity index (χ1n) is 5.82. The van der Waals surface area contributed by atoms with E-state index in [-0.39, 0.29) is 6.04 Å². The molecule has 102 valence electrons. The van der Waals surface area contributed by atoms with E-state index in [2.05, 4.69) is 5.32 Å². The predicted octanol–water partition coefficient (Wildman–Crippen LogP) is 4.61. The van der Waals surface area contributed by atoms with Gasteiger partial charge in [-0.05, 0) is 43.5 Å². The smallest absolute Gasteiger partial charge is 0.131 e. The molecule has 0 fully saturated rings. The SMILES string of the molecule is CNC(c1cc(C)c(F)cc1F)c1scc(C)c1Cl. The van der Waals surface area contributed by atoms with E-state index in [0.29, 0.717) is 16.1 Å². The molecule has 1 aromatic carbocycles. The van der Waals surface area contributed by atoms with Crippen LogP contribution in [0.25, 0.3) is 0 Å². The molecule has 0 aliphatic carbocycles. The second-order valence-corrected chi connectivity index (χ2v) is 5.73. The summed E-state index contributed by atoms with van der Waals surface area (Å²) in [6.07, 6.45) is 0. The summed E-state index contributed by atoms with van der Waals surface area (Å²) in [6.45, 7) is 3.52. The standard InChI is InChI=1S/C14H14ClF2NS/c1-7-4-9(11(17)5-10(7)16)13(18-3)14-12(15)8(2)6-19-14/h4-6,13,18H,1-3H3. The molecule has 0 amide bonds. The summed E-state index contributed by atoms with van der Waals surface area (Å²) in [7, 11) is 1.73. The van der Waals surface area contributed by atoms with Crippen molar-refractivity contribution >= 4 is 22.9 Å². The monoisotopic (exact) mass is 301 g/mol. The second kappa shape index (κ2) is 5.57. The van der Waals surface area contributed by atoms with E-state index >= 15 is 0 Å². The Bertz CT molecular complexity index is 610. The molecule has 1 aromatic heterocycles. The van der Waals surface area contributed by atoms with Crippen molar-refractivity contribution in [2.45, 2.75) is 19.9 Å². The highest BCUT2D eigenvalue weighted by atomic mass is 35.5. The summed E-state index contributed by atoms with van der Waals surface area (Å²) in [5.41, 5.74) is 1.78. The van der Waals surface area contributed by atoms with E-state index in [4.69, 9.17) is 11.6 Å². The van der Waals surface area contributed by atoms with Crippen LogP contribution in [-0.4, -0.2) is 7.05 Å². The molecular formula is C14H14ClF2NS. The number of rotatable bonds is 3. The molecule has 2 aromatic rings. The summed E-state index contributed by atoms with van der Waals surface area (Å²) in [4.78, 5) is 0.839. The van der Waals surface area contributed by atoms with Gasteiger partial charge in [0.1, 0.15) is 11.6 Å². The summed E-state index contributed by atoms with van der Waals surface area (Å²) < 4.78 is 27.3. The molecular weight excluding hydrogens is 288 g/mol. The average molecular weight is 302 g/mol. The lowest BCUT2D eigenvalue weighted by molar-refractivity contribution is 0.549. The maximum atomic E-state index is 14.0. The Labute approximate surface area is 120 Å². The van der Waals surface area contributed by atoms with Crippen molar-refractivity contribution in [1.82, 2.24) is 5.32 Å². The minimum atomic E-state index is -0.565. The van der Waals surface area contributed by atoms with Crippen LogP contribution in [0.15, 0.2) is 17.5 Å². The first-order chi connectivity index (χ1) is 8.95. The van der Waals surface area contributed by atoms with Crippen molar-refractivity contribution in [2.24, 2.45) is 0 Å². The molecule has 0 saturated heterocycles. The Morgan fingerprint density at radius 1 is 1.16 bits per heavy atom. The van der Waals surface area contributed by atoms with E-state index in [0.717, 1.165) is 16.5 Å². The first-order valence-corrected chi connectivity index (χ1v) is 7.07. The zero-order chi connectivity index (χ0) is 14.2. The maximum absolute atomic E-state index is 14.0. The third-order valence-corrected chi connectivity index (χ3v) is 4.84. The van der Waals surface area contributed by atoms with Crippen molar-refractivity contribution in [1.29, 1.82) is 0 Å². The number of thiophene rings is 1. The van der Waals surface area contributed by atoms with Gasteiger partial charge < -0.3 is 5.32 Å². The highest BCUT2D eigenvalue weighted by Crippen LogP contribution is 2.36. The van der Waals surface area contributed by atoms with Crippen LogP contribution in [0, 0.1) is 25.5 Å². The van der Waals surface area contributed by atoms with Gasteiger partial charge >= 0.3 is 0 Å². The Balaban J connectivity index is 2.54. The number of nitrogens with one attached hydrogen (secondary N) is 1. The molecule has 0 aliphatic heterocycles. The van der Waals surface area contributed by atoms with E-state index in [1.807, 2.05) is 12.3 Å². The van der Waals surface area contributed by atoms with Crippen molar-refractivity contribution in [3.63, 3.8) is 0 Å². The molecule has 0 bridgehead atoms. The topological polar surface area (TPSA) is 12.0 Å². The third kappa shape index (κ3) is 2.66. The Hall–Kier alpha value is -0.970. The molecule has 0 spiro atoms. The van der Waals surface area contributed by atoms with Crippen LogP contribution in [0.5, 0.6) is 0 Å². The van der Waals surface area contributed by atoms with E-state index in [1.165, 1.54) is 17.4 Å². The second-order valence-electron chi connectivity index (χ2n) is 4.44. The molecule has 0 saturated carbocycles. The van der Waals surface area contributed by atoms with Gasteiger partial charge in [-0.15, -0.1) is 11.3 Å². The quantitative estimate of drug-likeness (QED) is 0.873. The van der Waals surface area contributed by atoms with Crippen molar-refractivity contribution in [2.75, 3.05) is 7.05 Å². The molecule has 0 aliphatic rings. The average Bonchev–Trinajstić information content (AvgIpc) is 2.68. The zero-order valence-electron chi connectivity index (χ0n) is 10.9. The lowest BCUT2D eigenvalue weighted by Gasteiger charge is -2.17. The zero-order valence-corrected chi connectivity index (χ0v) is 12.4. The third-order valence-electron chi connectivity index (χ3n) is 3.07. The predicted molar refractivity (Wildman–Crippen MR) is 76.1 cm³/mol. The summed E-state index contributed by atoms with van der Waals surface area (Å²) in [6, 6.07) is 2.08. The van der Waals surface area contributed by atoms with Gasteiger partial charge in [0, 0.05) is 16.5 Å². The fraction of sp³-hybridized carbons (Fsp3) is 0.286. The number of hydrogen-bond acceptors (Lipinski definition) is 2. The van der Waals surface area contributed by atoms with Gasteiger partial charge in [-0.2, -0.15) is 0 Å². The number of hydrogen-bond donors (Lipinski definition) is 1. The normalized spacial score (nSPS) is 12.7. The molecule has 0 radical (unpaired) electrons. The fourth-order valence-electron chi connectivity index (χ4n) is 1.97. The van der Waals surface area contributed by atoms with Crippen LogP contribution in [0.2, 0.25) is 5.02 Å². The lowest BCUT2D eigenvalue weighted by Crippen LogP contribution is -2.18. The van der Waals surface area contributed by atoms with Gasteiger partial charge in [0.05, 0.1) is 11.1 Å². The van der Waals surface area contributed by atoms with Gasteiger partial charge in [0.2, 0.25) is 0 Å². The number of benzene rings is 1. The van der Waals surface area contributed by atoms with Gasteiger partial charge in [0.15, 0.2) is 0 Å². The van der Waals surface area contributed by atoms with Gasteiger partial charge in [0.25, 0.3) is 0 Å². The van der Waals surface area contributed by atoms with E-state index < -0.39 is 11.6 Å². The lowest BCUT2D eigenvalue weighted by atomic mass is 10.0. The van der Waals surface area contributed by atoms with Crippen molar-refractivity contribution in [3.8, 4) is 0 Å². The van der Waals surface area contributed by atoms with Crippen LogP contribution < -0.4 is 5.32 Å². The van der Waals surface area contributed by atoms with Gasteiger partial charge in [-0.3, -0.25) is 0 Å². The van der Waals surface area contributed by atoms with E-state index in [9.17, 15) is 8.78 Å². The van der Waals surface area contributed by atoms with Crippen LogP contribution in [0.4, 0.5) is 8.78 Å². The Kier molecular flexibility index (Phi) is 4.23. The maximum Gasteiger partial charge on any atom is 0.131 e. The number of aryl methyl sites for hydroxylation is 2. The molecule has 5 heteroatoms. The van der Waals surface area contributed by atoms with Gasteiger partial charge in [-0.25, -0.2) is 8.78 Å². The molecule has 1 N–H and O–H groups in total. The van der Waals surface area contributed by atoms with Crippen LogP contribution in [0.1, 0.15) is 27.6 Å². The molecule has 1 unspecified atom stereocenters. The van der Waals surface area contributed by atoms with Gasteiger partial charge in [-0.1, -0.05) is 11.6 Å². The van der Waals surface area contributed by atoms with Crippen molar-refractivity contribution in [3.05, 3.63) is 55.7 Å². The molecule has 2 rings (SSSR count). The molecule has 1 heterocycles. The largest absolute Gasteiger partial charge is 0.309 e. The number of halogens is 3.